The average molecular weight is 612 g/mol. The molecular formula is C28H27IrN4-. The molecule has 3 aromatic carbocycles. The summed E-state index contributed by atoms with van der Waals surface area (Å²) < 4.78 is 4.31. The van der Waals surface area contributed by atoms with E-state index in [1.165, 1.54) is 16.8 Å². The van der Waals surface area contributed by atoms with Crippen molar-refractivity contribution in [2.45, 2.75) is 39.5 Å². The Morgan fingerprint density at radius 1 is 0.818 bits per heavy atom. The standard InChI is InChI=1S/C28H27N4.Ir/c1-19(2)23-11-8-12-24(20(3)4)27(23)31-16-15-29-28(31)21-13-14-26-25(17-21)30-18-32(26)22-9-6-5-7-10-22;/h5-12,14-20H,1-4H3;/q-1;. The summed E-state index contributed by atoms with van der Waals surface area (Å²) in [6.45, 7) is 8.98. The molecule has 1 radical (unpaired) electrons. The fraction of sp³-hybridized carbons (Fsp3) is 0.214. The van der Waals surface area contributed by atoms with Crippen LogP contribution in [-0.4, -0.2) is 19.1 Å². The number of hydrogen-bond acceptors (Lipinski definition) is 2. The molecule has 0 aliphatic heterocycles. The Labute approximate surface area is 208 Å². The molecule has 2 aromatic heterocycles. The zero-order valence-corrected chi connectivity index (χ0v) is 21.7. The van der Waals surface area contributed by atoms with Crippen molar-refractivity contribution < 1.29 is 20.1 Å². The zero-order valence-electron chi connectivity index (χ0n) is 19.3. The molecule has 0 saturated carbocycles. The summed E-state index contributed by atoms with van der Waals surface area (Å²) in [5.41, 5.74) is 7.86. The second kappa shape index (κ2) is 9.46. The van der Waals surface area contributed by atoms with Crippen LogP contribution < -0.4 is 0 Å². The Bertz CT molecular complexity index is 1350. The molecule has 0 aliphatic rings. The molecule has 0 saturated heterocycles. The number of nitrogens with zero attached hydrogens (tertiary/aromatic N) is 4. The Morgan fingerprint density at radius 2 is 1.52 bits per heavy atom. The monoisotopic (exact) mass is 612 g/mol. The van der Waals surface area contributed by atoms with E-state index in [0.717, 1.165) is 28.1 Å². The molecule has 33 heavy (non-hydrogen) atoms. The van der Waals surface area contributed by atoms with E-state index >= 15 is 0 Å². The van der Waals surface area contributed by atoms with Gasteiger partial charge in [0, 0.05) is 49.4 Å². The fourth-order valence-corrected chi connectivity index (χ4v) is 4.35. The SMILES string of the molecule is CC(C)c1cccc(C(C)C)c1-n1ccnc1-c1[c-]cc2c(c1)ncn2-c1ccccc1.[Ir]. The van der Waals surface area contributed by atoms with Crippen LogP contribution in [0.4, 0.5) is 0 Å². The number of para-hydroxylation sites is 2. The number of benzene rings is 3. The summed E-state index contributed by atoms with van der Waals surface area (Å²) in [6.07, 6.45) is 5.80. The maximum atomic E-state index is 4.73. The number of imidazole rings is 2. The van der Waals surface area contributed by atoms with E-state index in [9.17, 15) is 0 Å². The van der Waals surface area contributed by atoms with Crippen LogP contribution in [0, 0.1) is 6.07 Å². The quantitative estimate of drug-likeness (QED) is 0.202. The topological polar surface area (TPSA) is 35.6 Å². The molecule has 0 spiro atoms. The van der Waals surface area contributed by atoms with Crippen molar-refractivity contribution in [1.29, 1.82) is 0 Å². The van der Waals surface area contributed by atoms with Crippen LogP contribution >= 0.6 is 0 Å². The van der Waals surface area contributed by atoms with Gasteiger partial charge >= 0.3 is 0 Å². The third-order valence-electron chi connectivity index (χ3n) is 5.98. The Morgan fingerprint density at radius 3 is 2.18 bits per heavy atom. The first kappa shape index (κ1) is 23.2. The van der Waals surface area contributed by atoms with Gasteiger partial charge in [0.2, 0.25) is 0 Å². The summed E-state index contributed by atoms with van der Waals surface area (Å²) in [4.78, 5) is 9.40. The first-order valence-electron chi connectivity index (χ1n) is 11.2. The van der Waals surface area contributed by atoms with Gasteiger partial charge in [-0.1, -0.05) is 64.1 Å². The molecular weight excluding hydrogens is 585 g/mol. The summed E-state index contributed by atoms with van der Waals surface area (Å²) in [7, 11) is 0. The largest absolute Gasteiger partial charge is 0.340 e. The van der Waals surface area contributed by atoms with Crippen LogP contribution in [0.25, 0.3) is 33.8 Å². The number of rotatable bonds is 5. The van der Waals surface area contributed by atoms with Gasteiger partial charge < -0.3 is 9.13 Å². The summed E-state index contributed by atoms with van der Waals surface area (Å²) in [6, 6.07) is 24.4. The van der Waals surface area contributed by atoms with Gasteiger partial charge in [0.05, 0.1) is 12.2 Å². The van der Waals surface area contributed by atoms with Gasteiger partial charge in [0.25, 0.3) is 0 Å². The Hall–Kier alpha value is -3.01. The first-order valence-corrected chi connectivity index (χ1v) is 11.2. The second-order valence-corrected chi connectivity index (χ2v) is 8.78. The van der Waals surface area contributed by atoms with E-state index in [0.29, 0.717) is 11.8 Å². The minimum Gasteiger partial charge on any atom is -0.340 e. The average Bonchev–Trinajstić information content (AvgIpc) is 3.45. The van der Waals surface area contributed by atoms with E-state index in [-0.39, 0.29) is 20.1 Å². The van der Waals surface area contributed by atoms with Gasteiger partial charge in [0.1, 0.15) is 0 Å². The van der Waals surface area contributed by atoms with E-state index < -0.39 is 0 Å². The van der Waals surface area contributed by atoms with Gasteiger partial charge in [0.15, 0.2) is 0 Å². The normalized spacial score (nSPS) is 11.3. The molecule has 0 atom stereocenters. The zero-order chi connectivity index (χ0) is 22.2. The molecule has 0 fully saturated rings. The second-order valence-electron chi connectivity index (χ2n) is 8.78. The van der Waals surface area contributed by atoms with Crippen LogP contribution in [0.5, 0.6) is 0 Å². The minimum atomic E-state index is 0. The van der Waals surface area contributed by atoms with Gasteiger partial charge in [-0.2, -0.15) is 0 Å². The van der Waals surface area contributed by atoms with E-state index in [2.05, 4.69) is 90.5 Å². The first-order chi connectivity index (χ1) is 15.5. The molecule has 0 unspecified atom stereocenters. The summed E-state index contributed by atoms with van der Waals surface area (Å²) in [5, 5.41) is 0. The molecule has 5 aromatic rings. The summed E-state index contributed by atoms with van der Waals surface area (Å²) in [5.74, 6) is 1.70. The third-order valence-corrected chi connectivity index (χ3v) is 5.98. The van der Waals surface area contributed by atoms with Gasteiger partial charge in [-0.3, -0.25) is 9.97 Å². The molecule has 169 valence electrons. The molecule has 5 rings (SSSR count). The smallest absolute Gasteiger partial charge is 0.0899 e. The van der Waals surface area contributed by atoms with Crippen LogP contribution in [0.2, 0.25) is 0 Å². The molecule has 2 heterocycles. The van der Waals surface area contributed by atoms with Gasteiger partial charge in [-0.05, 0) is 40.6 Å². The van der Waals surface area contributed by atoms with Crippen LogP contribution in [-0.2, 0) is 20.1 Å². The maximum Gasteiger partial charge on any atom is 0.0899 e. The van der Waals surface area contributed by atoms with Crippen LogP contribution in [0.3, 0.4) is 0 Å². The third kappa shape index (κ3) is 4.19. The number of hydrogen-bond donors (Lipinski definition) is 0. The van der Waals surface area contributed by atoms with Crippen molar-refractivity contribution in [2.75, 3.05) is 0 Å². The van der Waals surface area contributed by atoms with Crippen molar-refractivity contribution in [3.05, 3.63) is 96.6 Å². The maximum absolute atomic E-state index is 4.73. The van der Waals surface area contributed by atoms with Crippen molar-refractivity contribution in [3.63, 3.8) is 0 Å². The van der Waals surface area contributed by atoms with E-state index in [4.69, 9.17) is 4.98 Å². The van der Waals surface area contributed by atoms with Crippen molar-refractivity contribution in [3.8, 4) is 22.8 Å². The number of fused-ring (bicyclic) bond motifs is 1. The van der Waals surface area contributed by atoms with E-state index in [1.807, 2.05) is 36.8 Å². The minimum absolute atomic E-state index is 0. The molecule has 0 aliphatic carbocycles. The van der Waals surface area contributed by atoms with Crippen molar-refractivity contribution in [2.24, 2.45) is 0 Å². The summed E-state index contributed by atoms with van der Waals surface area (Å²) >= 11 is 0. The molecule has 5 heteroatoms. The van der Waals surface area contributed by atoms with E-state index in [1.54, 1.807) is 0 Å². The molecule has 4 nitrogen and oxygen atoms in total. The van der Waals surface area contributed by atoms with Gasteiger partial charge in [-0.25, -0.2) is 0 Å². The molecule has 0 N–H and O–H groups in total. The molecule has 0 bridgehead atoms. The Balaban J connectivity index is 0.00000259. The fourth-order valence-electron chi connectivity index (χ4n) is 4.35. The number of aromatic nitrogens is 4. The molecule has 0 amide bonds. The Kier molecular flexibility index (Phi) is 6.64. The predicted molar refractivity (Wildman–Crippen MR) is 131 cm³/mol. The van der Waals surface area contributed by atoms with Crippen LogP contribution in [0.15, 0.2) is 79.4 Å². The van der Waals surface area contributed by atoms with Crippen molar-refractivity contribution >= 4 is 11.0 Å². The van der Waals surface area contributed by atoms with Crippen LogP contribution in [0.1, 0.15) is 50.7 Å². The van der Waals surface area contributed by atoms with Gasteiger partial charge in [-0.15, -0.1) is 23.8 Å². The predicted octanol–water partition coefficient (Wildman–Crippen LogP) is 6.92. The van der Waals surface area contributed by atoms with Crippen molar-refractivity contribution in [1.82, 2.24) is 19.1 Å².